The summed E-state index contributed by atoms with van der Waals surface area (Å²) in [5.41, 5.74) is 1.65. The molecular formula is C19H22N4O2. The number of fused-ring (bicyclic) bond motifs is 1. The Morgan fingerprint density at radius 2 is 2.24 bits per heavy atom. The highest BCUT2D eigenvalue weighted by atomic mass is 16.5. The van der Waals surface area contributed by atoms with Crippen LogP contribution >= 0.6 is 0 Å². The van der Waals surface area contributed by atoms with Gasteiger partial charge in [-0.15, -0.1) is 0 Å². The fourth-order valence-corrected chi connectivity index (χ4v) is 4.25. The van der Waals surface area contributed by atoms with E-state index in [2.05, 4.69) is 15.2 Å². The summed E-state index contributed by atoms with van der Waals surface area (Å²) in [6, 6.07) is 7.59. The van der Waals surface area contributed by atoms with E-state index in [4.69, 9.17) is 4.74 Å². The molecule has 0 radical (unpaired) electrons. The molecule has 0 aromatic carbocycles. The molecule has 4 rings (SSSR count). The Morgan fingerprint density at radius 1 is 1.28 bits per heavy atom. The number of aromatic nitrogens is 3. The third-order valence-corrected chi connectivity index (χ3v) is 5.52. The second-order valence-electron chi connectivity index (χ2n) is 7.08. The Morgan fingerprint density at radius 3 is 3.04 bits per heavy atom. The molecular weight excluding hydrogens is 316 g/mol. The average Bonchev–Trinajstić information content (AvgIpc) is 3.20. The highest BCUT2D eigenvalue weighted by molar-refractivity contribution is 5.94. The minimum atomic E-state index is 0.0494. The molecule has 2 fully saturated rings. The van der Waals surface area contributed by atoms with Crippen molar-refractivity contribution in [1.82, 2.24) is 20.1 Å². The van der Waals surface area contributed by atoms with Crippen LogP contribution in [0, 0.1) is 11.3 Å². The standard InChI is InChI=1S/C19H22N4O2/c24-18(15-6-9-21-22-10-15)23-11-16-4-3-7-19(16,13-23)14-25-12-17-5-1-2-8-20-17/h1-2,5-6,8-10,16H,3-4,7,11-14H2/t16-,19+/m0/s1. The smallest absolute Gasteiger partial charge is 0.255 e. The number of ether oxygens (including phenoxy) is 1. The maximum Gasteiger partial charge on any atom is 0.255 e. The first-order valence-electron chi connectivity index (χ1n) is 8.80. The Hall–Kier alpha value is -2.34. The molecule has 25 heavy (non-hydrogen) atoms. The lowest BCUT2D eigenvalue weighted by molar-refractivity contribution is 0.0252. The van der Waals surface area contributed by atoms with Gasteiger partial charge >= 0.3 is 0 Å². The van der Waals surface area contributed by atoms with Gasteiger partial charge in [-0.1, -0.05) is 12.5 Å². The van der Waals surface area contributed by atoms with Crippen LogP contribution < -0.4 is 0 Å². The molecule has 0 unspecified atom stereocenters. The van der Waals surface area contributed by atoms with Crippen LogP contribution in [0.2, 0.25) is 0 Å². The van der Waals surface area contributed by atoms with Gasteiger partial charge in [0.05, 0.1) is 36.9 Å². The van der Waals surface area contributed by atoms with Crippen molar-refractivity contribution < 1.29 is 9.53 Å². The molecule has 2 atom stereocenters. The second kappa shape index (κ2) is 6.88. The predicted octanol–water partition coefficient (Wildman–Crippen LogP) is 2.33. The van der Waals surface area contributed by atoms with E-state index in [0.29, 0.717) is 24.7 Å². The molecule has 1 aliphatic carbocycles. The molecule has 0 spiro atoms. The van der Waals surface area contributed by atoms with E-state index < -0.39 is 0 Å². The summed E-state index contributed by atoms with van der Waals surface area (Å²) in [4.78, 5) is 19.0. The summed E-state index contributed by atoms with van der Waals surface area (Å²) < 4.78 is 6.02. The van der Waals surface area contributed by atoms with Crippen LogP contribution in [0.25, 0.3) is 0 Å². The molecule has 0 N–H and O–H groups in total. The number of hydrogen-bond acceptors (Lipinski definition) is 5. The topological polar surface area (TPSA) is 68.2 Å². The van der Waals surface area contributed by atoms with E-state index in [1.807, 2.05) is 23.1 Å². The number of carbonyl (C=O) groups excluding carboxylic acids is 1. The second-order valence-corrected chi connectivity index (χ2v) is 7.08. The van der Waals surface area contributed by atoms with Crippen molar-refractivity contribution in [3.8, 4) is 0 Å². The van der Waals surface area contributed by atoms with E-state index in [0.717, 1.165) is 25.2 Å². The quantitative estimate of drug-likeness (QED) is 0.837. The molecule has 1 amide bonds. The molecule has 2 aliphatic rings. The molecule has 0 bridgehead atoms. The number of pyridine rings is 1. The number of carbonyl (C=O) groups is 1. The average molecular weight is 338 g/mol. The molecule has 1 aliphatic heterocycles. The van der Waals surface area contributed by atoms with Crippen molar-refractivity contribution in [2.24, 2.45) is 11.3 Å². The normalized spacial score (nSPS) is 25.1. The van der Waals surface area contributed by atoms with Gasteiger partial charge in [0, 0.05) is 24.7 Å². The largest absolute Gasteiger partial charge is 0.375 e. The lowest BCUT2D eigenvalue weighted by atomic mass is 9.81. The van der Waals surface area contributed by atoms with Crippen molar-refractivity contribution in [3.63, 3.8) is 0 Å². The summed E-state index contributed by atoms with van der Waals surface area (Å²) in [7, 11) is 0. The van der Waals surface area contributed by atoms with E-state index in [1.165, 1.54) is 12.8 Å². The first-order valence-corrected chi connectivity index (χ1v) is 8.80. The lowest BCUT2D eigenvalue weighted by Gasteiger charge is -2.28. The summed E-state index contributed by atoms with van der Waals surface area (Å²) in [6.07, 6.45) is 8.41. The highest BCUT2D eigenvalue weighted by Gasteiger charge is 2.50. The molecule has 6 nitrogen and oxygen atoms in total. The van der Waals surface area contributed by atoms with Gasteiger partial charge < -0.3 is 9.64 Å². The molecule has 2 aromatic rings. The van der Waals surface area contributed by atoms with Gasteiger partial charge in [0.1, 0.15) is 0 Å². The molecule has 2 aromatic heterocycles. The van der Waals surface area contributed by atoms with Gasteiger partial charge in [-0.25, -0.2) is 0 Å². The van der Waals surface area contributed by atoms with Crippen LogP contribution in [0.4, 0.5) is 0 Å². The fraction of sp³-hybridized carbons (Fsp3) is 0.474. The van der Waals surface area contributed by atoms with Crippen molar-refractivity contribution >= 4 is 5.91 Å². The summed E-state index contributed by atoms with van der Waals surface area (Å²) in [5, 5.41) is 7.57. The summed E-state index contributed by atoms with van der Waals surface area (Å²) in [5.74, 6) is 0.573. The molecule has 1 saturated heterocycles. The van der Waals surface area contributed by atoms with Gasteiger partial charge in [0.25, 0.3) is 5.91 Å². The molecule has 3 heterocycles. The van der Waals surface area contributed by atoms with Crippen molar-refractivity contribution in [2.45, 2.75) is 25.9 Å². The van der Waals surface area contributed by atoms with Gasteiger partial charge in [-0.2, -0.15) is 10.2 Å². The maximum atomic E-state index is 12.7. The van der Waals surface area contributed by atoms with Crippen LogP contribution in [0.1, 0.15) is 35.3 Å². The van der Waals surface area contributed by atoms with Crippen LogP contribution in [-0.2, 0) is 11.3 Å². The molecule has 6 heteroatoms. The van der Waals surface area contributed by atoms with E-state index in [1.54, 1.807) is 24.7 Å². The number of rotatable bonds is 5. The lowest BCUT2D eigenvalue weighted by Crippen LogP contribution is -2.34. The van der Waals surface area contributed by atoms with Gasteiger partial charge in [-0.3, -0.25) is 9.78 Å². The van der Waals surface area contributed by atoms with Gasteiger partial charge in [0.15, 0.2) is 0 Å². The number of likely N-dealkylation sites (tertiary alicyclic amines) is 1. The Bertz CT molecular complexity index is 725. The highest BCUT2D eigenvalue weighted by Crippen LogP contribution is 2.49. The van der Waals surface area contributed by atoms with E-state index >= 15 is 0 Å². The van der Waals surface area contributed by atoms with Crippen molar-refractivity contribution in [2.75, 3.05) is 19.7 Å². The third-order valence-electron chi connectivity index (χ3n) is 5.52. The van der Waals surface area contributed by atoms with Crippen LogP contribution in [0.5, 0.6) is 0 Å². The first-order chi connectivity index (χ1) is 12.3. The zero-order valence-electron chi connectivity index (χ0n) is 14.2. The zero-order valence-corrected chi connectivity index (χ0v) is 14.2. The van der Waals surface area contributed by atoms with Crippen LogP contribution in [0.15, 0.2) is 42.9 Å². The Labute approximate surface area is 147 Å². The van der Waals surface area contributed by atoms with Crippen LogP contribution in [-0.4, -0.2) is 45.7 Å². The van der Waals surface area contributed by atoms with E-state index in [9.17, 15) is 4.79 Å². The Kier molecular flexibility index (Phi) is 4.44. The van der Waals surface area contributed by atoms with Gasteiger partial charge in [0.2, 0.25) is 0 Å². The van der Waals surface area contributed by atoms with Gasteiger partial charge in [-0.05, 0) is 37.0 Å². The fourth-order valence-electron chi connectivity index (χ4n) is 4.25. The molecule has 130 valence electrons. The summed E-state index contributed by atoms with van der Waals surface area (Å²) >= 11 is 0. The predicted molar refractivity (Wildman–Crippen MR) is 91.6 cm³/mol. The summed E-state index contributed by atoms with van der Waals surface area (Å²) in [6.45, 7) is 2.79. The van der Waals surface area contributed by atoms with Crippen molar-refractivity contribution in [1.29, 1.82) is 0 Å². The number of hydrogen-bond donors (Lipinski definition) is 0. The molecule has 1 saturated carbocycles. The third kappa shape index (κ3) is 3.26. The zero-order chi connectivity index (χ0) is 17.1. The first kappa shape index (κ1) is 16.1. The minimum Gasteiger partial charge on any atom is -0.375 e. The monoisotopic (exact) mass is 338 g/mol. The Balaban J connectivity index is 1.41. The maximum absolute atomic E-state index is 12.7. The number of amides is 1. The van der Waals surface area contributed by atoms with Crippen molar-refractivity contribution in [3.05, 3.63) is 54.1 Å². The number of nitrogens with zero attached hydrogens (tertiary/aromatic N) is 4. The SMILES string of the molecule is O=C(c1ccnnc1)N1C[C@@H]2CCC[C@]2(COCc2ccccn2)C1. The van der Waals surface area contributed by atoms with Crippen LogP contribution in [0.3, 0.4) is 0 Å². The van der Waals surface area contributed by atoms with E-state index in [-0.39, 0.29) is 11.3 Å². The minimum absolute atomic E-state index is 0.0494.